The highest BCUT2D eigenvalue weighted by molar-refractivity contribution is 7.99. The molecule has 2 aliphatic rings. The van der Waals surface area contributed by atoms with Crippen molar-refractivity contribution in [2.45, 2.75) is 50.1 Å². The van der Waals surface area contributed by atoms with Crippen LogP contribution in [0.5, 0.6) is 0 Å². The van der Waals surface area contributed by atoms with E-state index in [1.54, 1.807) is 0 Å². The first-order valence-electron chi connectivity index (χ1n) is 10.8. The maximum absolute atomic E-state index is 12.1. The van der Waals surface area contributed by atoms with Crippen LogP contribution in [0.25, 0.3) is 0 Å². The number of carbonyl (C=O) groups excluding carboxylic acids is 1. The number of rotatable bonds is 9. The van der Waals surface area contributed by atoms with Crippen LogP contribution in [-0.4, -0.2) is 46.2 Å². The van der Waals surface area contributed by atoms with Gasteiger partial charge in [-0.2, -0.15) is 15.0 Å². The van der Waals surface area contributed by atoms with Crippen LogP contribution < -0.4 is 10.2 Å². The lowest BCUT2D eigenvalue weighted by molar-refractivity contribution is -0.119. The third-order valence-electron chi connectivity index (χ3n) is 5.31. The van der Waals surface area contributed by atoms with Crippen molar-refractivity contribution >= 4 is 35.3 Å². The molecule has 1 fully saturated rings. The smallest absolute Gasteiger partial charge is 0.234 e. The Labute approximate surface area is 187 Å². The molecule has 1 aromatic heterocycles. The summed E-state index contributed by atoms with van der Waals surface area (Å²) in [5, 5.41) is 3.85. The average Bonchev–Trinajstić information content (AvgIpc) is 3.53. The molecular weight excluding hydrogens is 408 g/mol. The minimum Gasteiger partial charge on any atom is -0.341 e. The largest absolute Gasteiger partial charge is 0.341 e. The molecule has 0 atom stereocenters. The number of aliphatic imine (C=N–C) groups is 1. The third kappa shape index (κ3) is 5.70. The summed E-state index contributed by atoms with van der Waals surface area (Å²) in [7, 11) is 0. The minimum absolute atomic E-state index is 0.298. The lowest BCUT2D eigenvalue weighted by Crippen LogP contribution is -2.25. The number of hydrogen-bond donors (Lipinski definition) is 1. The van der Waals surface area contributed by atoms with Gasteiger partial charge >= 0.3 is 0 Å². The fraction of sp³-hybridized carbons (Fsp3) is 0.435. The maximum Gasteiger partial charge on any atom is 0.234 e. The normalized spacial score (nSPS) is 15.5. The molecule has 1 saturated carbocycles. The molecule has 0 saturated heterocycles. The summed E-state index contributed by atoms with van der Waals surface area (Å²) in [4.78, 5) is 33.5. The Kier molecular flexibility index (Phi) is 6.65. The van der Waals surface area contributed by atoms with Gasteiger partial charge in [-0.1, -0.05) is 12.1 Å². The molecule has 0 bridgehead atoms. The van der Waals surface area contributed by atoms with Gasteiger partial charge in [0.25, 0.3) is 0 Å². The van der Waals surface area contributed by atoms with Crippen molar-refractivity contribution in [1.82, 2.24) is 15.0 Å². The molecule has 2 aromatic rings. The monoisotopic (exact) mass is 436 g/mol. The van der Waals surface area contributed by atoms with Crippen LogP contribution in [0.15, 0.2) is 51.0 Å². The second-order valence-electron chi connectivity index (χ2n) is 7.89. The lowest BCUT2D eigenvalue weighted by Gasteiger charge is -2.19. The highest BCUT2D eigenvalue weighted by atomic mass is 32.2. The molecule has 7 nitrogen and oxygen atoms in total. The van der Waals surface area contributed by atoms with Crippen molar-refractivity contribution in [3.8, 4) is 0 Å². The maximum atomic E-state index is 12.1. The van der Waals surface area contributed by atoms with E-state index in [0.29, 0.717) is 41.7 Å². The number of hydrogen-bond acceptors (Lipinski definition) is 8. The Morgan fingerprint density at radius 3 is 2.48 bits per heavy atom. The van der Waals surface area contributed by atoms with E-state index in [4.69, 9.17) is 0 Å². The number of benzene rings is 1. The Morgan fingerprint density at radius 2 is 1.87 bits per heavy atom. The lowest BCUT2D eigenvalue weighted by atomic mass is 10.1. The van der Waals surface area contributed by atoms with E-state index < -0.39 is 0 Å². The first kappa shape index (κ1) is 21.5. The quantitative estimate of drug-likeness (QED) is 0.632. The van der Waals surface area contributed by atoms with E-state index in [1.807, 2.05) is 30.3 Å². The number of nitrogens with zero attached hydrogens (tertiary/aromatic N) is 5. The van der Waals surface area contributed by atoms with Gasteiger partial charge in [0.1, 0.15) is 11.6 Å². The van der Waals surface area contributed by atoms with Gasteiger partial charge in [-0.05, 0) is 74.7 Å². The van der Waals surface area contributed by atoms with Gasteiger partial charge < -0.3 is 10.2 Å². The molecule has 4 rings (SSSR count). The number of anilines is 2. The zero-order valence-corrected chi connectivity index (χ0v) is 19.1. The van der Waals surface area contributed by atoms with Crippen molar-refractivity contribution in [3.05, 3.63) is 41.5 Å². The first-order chi connectivity index (χ1) is 15.0. The average molecular weight is 437 g/mol. The highest BCUT2D eigenvalue weighted by Gasteiger charge is 2.29. The molecule has 0 amide bonds. The number of amidine groups is 1. The van der Waals surface area contributed by atoms with E-state index in [1.165, 1.54) is 17.3 Å². The van der Waals surface area contributed by atoms with Crippen LogP contribution in [0.4, 0.5) is 11.9 Å². The van der Waals surface area contributed by atoms with Crippen LogP contribution in [-0.2, 0) is 11.2 Å². The Hall–Kier alpha value is -2.74. The van der Waals surface area contributed by atoms with Gasteiger partial charge in [-0.15, -0.1) is 0 Å². The fourth-order valence-corrected chi connectivity index (χ4v) is 4.09. The topological polar surface area (TPSA) is 83.4 Å². The predicted octanol–water partition coefficient (Wildman–Crippen LogP) is 4.16. The molecule has 31 heavy (non-hydrogen) atoms. The predicted molar refractivity (Wildman–Crippen MR) is 125 cm³/mol. The van der Waals surface area contributed by atoms with Crippen molar-refractivity contribution in [2.75, 3.05) is 29.9 Å². The summed E-state index contributed by atoms with van der Waals surface area (Å²) in [6, 6.07) is 8.10. The van der Waals surface area contributed by atoms with Crippen molar-refractivity contribution in [1.29, 1.82) is 0 Å². The molecule has 2 heterocycles. The zero-order valence-electron chi connectivity index (χ0n) is 18.3. The number of Topliss-reactive ketones (excluding diaryl/α,β-unsaturated/α-hetero) is 1. The van der Waals surface area contributed by atoms with Crippen LogP contribution in [0.2, 0.25) is 0 Å². The van der Waals surface area contributed by atoms with Crippen LogP contribution in [0.3, 0.4) is 0 Å². The van der Waals surface area contributed by atoms with Gasteiger partial charge in [0.2, 0.25) is 11.9 Å². The van der Waals surface area contributed by atoms with E-state index >= 15 is 0 Å². The van der Waals surface area contributed by atoms with E-state index in [-0.39, 0.29) is 0 Å². The Bertz CT molecular complexity index is 1010. The van der Waals surface area contributed by atoms with Gasteiger partial charge in [-0.3, -0.25) is 9.79 Å². The first-order valence-corrected chi connectivity index (χ1v) is 11.6. The molecule has 1 aliphatic heterocycles. The molecule has 1 aliphatic carbocycles. The molecule has 1 N–H and O–H groups in total. The number of ketones is 1. The molecule has 0 unspecified atom stereocenters. The van der Waals surface area contributed by atoms with E-state index in [0.717, 1.165) is 42.2 Å². The van der Waals surface area contributed by atoms with Gasteiger partial charge in [0, 0.05) is 30.3 Å². The van der Waals surface area contributed by atoms with E-state index in [2.05, 4.69) is 50.9 Å². The van der Waals surface area contributed by atoms with Crippen molar-refractivity contribution in [3.63, 3.8) is 0 Å². The SMILES string of the molecule is CCN(CC)c1nc(NC2=NCC(C)=C2)nc(Sc2ccc(CC(=O)C3CC3)cc2)n1. The molecule has 8 heteroatoms. The molecule has 0 radical (unpaired) electrons. The summed E-state index contributed by atoms with van der Waals surface area (Å²) in [5.74, 6) is 2.57. The fourth-order valence-electron chi connectivity index (χ4n) is 3.35. The van der Waals surface area contributed by atoms with Crippen molar-refractivity contribution < 1.29 is 4.79 Å². The Balaban J connectivity index is 1.52. The van der Waals surface area contributed by atoms with Crippen molar-refractivity contribution in [2.24, 2.45) is 10.9 Å². The van der Waals surface area contributed by atoms with Gasteiger partial charge in [0.15, 0.2) is 5.16 Å². The second-order valence-corrected chi connectivity index (χ2v) is 8.94. The number of nitrogens with one attached hydrogen (secondary N) is 1. The summed E-state index contributed by atoms with van der Waals surface area (Å²) in [6.07, 6.45) is 4.64. The minimum atomic E-state index is 0.298. The summed E-state index contributed by atoms with van der Waals surface area (Å²) in [6.45, 7) is 8.55. The molecule has 0 spiro atoms. The Morgan fingerprint density at radius 1 is 1.13 bits per heavy atom. The third-order valence-corrected chi connectivity index (χ3v) is 6.19. The summed E-state index contributed by atoms with van der Waals surface area (Å²) >= 11 is 1.49. The van der Waals surface area contributed by atoms with Crippen LogP contribution in [0.1, 0.15) is 39.2 Å². The van der Waals surface area contributed by atoms with Gasteiger partial charge in [-0.25, -0.2) is 0 Å². The van der Waals surface area contributed by atoms with Crippen LogP contribution in [0, 0.1) is 5.92 Å². The molecular formula is C23H28N6OS. The summed E-state index contributed by atoms with van der Waals surface area (Å²) in [5.41, 5.74) is 2.26. The van der Waals surface area contributed by atoms with Crippen LogP contribution >= 0.6 is 11.8 Å². The molecule has 162 valence electrons. The van der Waals surface area contributed by atoms with E-state index in [9.17, 15) is 4.79 Å². The molecule has 1 aromatic carbocycles. The standard InChI is InChI=1S/C23H28N6OS/c1-4-29(5-2)22-26-21(25-20-12-15(3)14-24-20)27-23(28-22)31-18-10-6-16(7-11-18)13-19(30)17-8-9-17/h6-7,10-12,17H,4-5,8-9,13-14H2,1-3H3,(H,24,25,26,27,28). The number of carbonyl (C=O) groups is 1. The zero-order chi connectivity index (χ0) is 21.8. The second kappa shape index (κ2) is 9.60. The summed E-state index contributed by atoms with van der Waals surface area (Å²) < 4.78 is 0. The van der Waals surface area contributed by atoms with Gasteiger partial charge in [0.05, 0.1) is 6.54 Å². The highest BCUT2D eigenvalue weighted by Crippen LogP contribution is 2.31. The number of aromatic nitrogens is 3.